The summed E-state index contributed by atoms with van der Waals surface area (Å²) >= 11 is 0. The number of rotatable bonds is 9. The summed E-state index contributed by atoms with van der Waals surface area (Å²) in [4.78, 5) is 18.5. The van der Waals surface area contributed by atoms with Crippen molar-refractivity contribution in [2.75, 3.05) is 39.4 Å². The minimum atomic E-state index is -0.996. The predicted octanol–water partition coefficient (Wildman–Crippen LogP) is 1.40. The molecule has 29 heavy (non-hydrogen) atoms. The van der Waals surface area contributed by atoms with E-state index in [0.717, 1.165) is 13.1 Å². The molecule has 0 unspecified atom stereocenters. The molecule has 1 amide bonds. The molecule has 1 fully saturated rings. The number of nitrogens with zero attached hydrogens (tertiary/aromatic N) is 3. The van der Waals surface area contributed by atoms with Crippen molar-refractivity contribution in [3.63, 3.8) is 0 Å². The zero-order valence-electron chi connectivity index (χ0n) is 16.6. The predicted molar refractivity (Wildman–Crippen MR) is 104 cm³/mol. The third-order valence-corrected chi connectivity index (χ3v) is 4.70. The Bertz CT molecular complexity index is 788. The van der Waals surface area contributed by atoms with Crippen molar-refractivity contribution >= 4 is 5.91 Å². The van der Waals surface area contributed by atoms with Crippen LogP contribution in [0, 0.1) is 5.82 Å². The summed E-state index contributed by atoms with van der Waals surface area (Å²) in [6.45, 7) is 5.31. The first-order valence-electron chi connectivity index (χ1n) is 9.79. The fourth-order valence-corrected chi connectivity index (χ4v) is 3.15. The molecule has 1 aromatic heterocycles. The number of aliphatic hydroxyl groups is 1. The summed E-state index contributed by atoms with van der Waals surface area (Å²) in [6, 6.07) is 5.84. The van der Waals surface area contributed by atoms with E-state index in [0.29, 0.717) is 56.3 Å². The molecule has 2 N–H and O–H groups in total. The molecule has 0 saturated carbocycles. The number of nitrogens with one attached hydrogen (secondary N) is 1. The number of hydrogen-bond acceptors (Lipinski definition) is 7. The van der Waals surface area contributed by atoms with Crippen LogP contribution in [0.1, 0.15) is 25.7 Å². The van der Waals surface area contributed by atoms with E-state index in [1.807, 2.05) is 0 Å². The van der Waals surface area contributed by atoms with Crippen LogP contribution in [-0.2, 0) is 16.0 Å². The van der Waals surface area contributed by atoms with Gasteiger partial charge in [0.05, 0.1) is 18.8 Å². The van der Waals surface area contributed by atoms with Crippen molar-refractivity contribution in [3.8, 4) is 11.4 Å². The summed E-state index contributed by atoms with van der Waals surface area (Å²) in [5, 5.41) is 17.2. The maximum absolute atomic E-state index is 13.0. The van der Waals surface area contributed by atoms with Crippen molar-refractivity contribution in [1.82, 2.24) is 20.4 Å². The third-order valence-electron chi connectivity index (χ3n) is 4.70. The number of aryl methyl sites for hydroxylation is 1. The maximum Gasteiger partial charge on any atom is 0.226 e. The Labute approximate surface area is 169 Å². The van der Waals surface area contributed by atoms with Gasteiger partial charge in [-0.1, -0.05) is 5.16 Å². The van der Waals surface area contributed by atoms with Gasteiger partial charge < -0.3 is 19.7 Å². The van der Waals surface area contributed by atoms with Gasteiger partial charge in [-0.2, -0.15) is 4.98 Å². The van der Waals surface area contributed by atoms with E-state index in [1.54, 1.807) is 19.1 Å². The summed E-state index contributed by atoms with van der Waals surface area (Å²) in [7, 11) is 0. The first-order chi connectivity index (χ1) is 13.9. The standard InChI is InChI=1S/C20H27FN4O4/c1-20(27,14-25-9-11-28-12-10-25)13-22-17(26)3-2-4-18-23-19(24-29-18)15-5-7-16(21)8-6-15/h5-8,27H,2-4,9-14H2,1H3,(H,22,26)/t20-/m1/s1. The van der Waals surface area contributed by atoms with Gasteiger partial charge in [-0.25, -0.2) is 4.39 Å². The molecule has 2 heterocycles. The molecule has 1 atom stereocenters. The quantitative estimate of drug-likeness (QED) is 0.649. The molecule has 9 heteroatoms. The largest absolute Gasteiger partial charge is 0.387 e. The highest BCUT2D eigenvalue weighted by Gasteiger charge is 2.25. The van der Waals surface area contributed by atoms with Gasteiger partial charge in [0, 0.05) is 44.6 Å². The zero-order valence-corrected chi connectivity index (χ0v) is 16.6. The normalized spacial score (nSPS) is 17.1. The molecule has 1 saturated heterocycles. The van der Waals surface area contributed by atoms with Crippen molar-refractivity contribution in [2.24, 2.45) is 0 Å². The van der Waals surface area contributed by atoms with Crippen LogP contribution in [-0.4, -0.2) is 71.0 Å². The molecule has 1 aliphatic rings. The topological polar surface area (TPSA) is 101 Å². The Balaban J connectivity index is 1.37. The lowest BCUT2D eigenvalue weighted by Crippen LogP contribution is -2.51. The summed E-state index contributed by atoms with van der Waals surface area (Å²) in [6.07, 6.45) is 1.30. The van der Waals surface area contributed by atoms with Gasteiger partial charge in [0.25, 0.3) is 0 Å². The van der Waals surface area contributed by atoms with Crippen molar-refractivity contribution in [2.45, 2.75) is 31.8 Å². The minimum absolute atomic E-state index is 0.134. The molecule has 1 aliphatic heterocycles. The number of carbonyl (C=O) groups excluding carboxylic acids is 1. The van der Waals surface area contributed by atoms with Gasteiger partial charge in [0.15, 0.2) is 0 Å². The minimum Gasteiger partial charge on any atom is -0.387 e. The van der Waals surface area contributed by atoms with Crippen LogP contribution in [0.3, 0.4) is 0 Å². The molecular weight excluding hydrogens is 379 g/mol. The molecule has 1 aromatic carbocycles. The smallest absolute Gasteiger partial charge is 0.226 e. The Morgan fingerprint density at radius 2 is 2.03 bits per heavy atom. The number of β-amino-alcohol motifs (C(OH)–C–C–N with tert-alkyl or cyclic N) is 1. The molecule has 2 aromatic rings. The molecule has 3 rings (SSSR count). The lowest BCUT2D eigenvalue weighted by molar-refractivity contribution is -0.122. The second-order valence-electron chi connectivity index (χ2n) is 7.53. The van der Waals surface area contributed by atoms with Gasteiger partial charge in [-0.15, -0.1) is 0 Å². The zero-order chi connectivity index (χ0) is 20.7. The summed E-state index contributed by atoms with van der Waals surface area (Å²) < 4.78 is 23.5. The number of halogens is 1. The molecule has 0 radical (unpaired) electrons. The number of hydrogen-bond donors (Lipinski definition) is 2. The third kappa shape index (κ3) is 6.88. The Kier molecular flexibility index (Phi) is 7.29. The van der Waals surface area contributed by atoms with E-state index in [-0.39, 0.29) is 18.3 Å². The second kappa shape index (κ2) is 9.91. The van der Waals surface area contributed by atoms with Crippen LogP contribution in [0.15, 0.2) is 28.8 Å². The number of carbonyl (C=O) groups is 1. The van der Waals surface area contributed by atoms with E-state index in [4.69, 9.17) is 9.26 Å². The lowest BCUT2D eigenvalue weighted by Gasteiger charge is -2.33. The fourth-order valence-electron chi connectivity index (χ4n) is 3.15. The van der Waals surface area contributed by atoms with E-state index < -0.39 is 5.60 Å². The van der Waals surface area contributed by atoms with Crippen molar-refractivity contribution < 1.29 is 23.6 Å². The van der Waals surface area contributed by atoms with E-state index in [2.05, 4.69) is 20.4 Å². The summed E-state index contributed by atoms with van der Waals surface area (Å²) in [5.74, 6) is 0.359. The van der Waals surface area contributed by atoms with E-state index >= 15 is 0 Å². The Morgan fingerprint density at radius 3 is 2.76 bits per heavy atom. The molecule has 0 aliphatic carbocycles. The van der Waals surface area contributed by atoms with Gasteiger partial charge in [0.2, 0.25) is 17.6 Å². The molecule has 0 spiro atoms. The van der Waals surface area contributed by atoms with Crippen molar-refractivity contribution in [1.29, 1.82) is 0 Å². The van der Waals surface area contributed by atoms with Crippen LogP contribution < -0.4 is 5.32 Å². The Hall–Kier alpha value is -2.36. The number of benzene rings is 1. The molecule has 158 valence electrons. The van der Waals surface area contributed by atoms with Crippen LogP contribution >= 0.6 is 0 Å². The van der Waals surface area contributed by atoms with Crippen LogP contribution in [0.25, 0.3) is 11.4 Å². The second-order valence-corrected chi connectivity index (χ2v) is 7.53. The highest BCUT2D eigenvalue weighted by Crippen LogP contribution is 2.17. The van der Waals surface area contributed by atoms with Gasteiger partial charge in [-0.3, -0.25) is 9.69 Å². The first-order valence-corrected chi connectivity index (χ1v) is 9.79. The van der Waals surface area contributed by atoms with Gasteiger partial charge in [0.1, 0.15) is 5.82 Å². The van der Waals surface area contributed by atoms with Crippen molar-refractivity contribution in [3.05, 3.63) is 36.0 Å². The van der Waals surface area contributed by atoms with Gasteiger partial charge >= 0.3 is 0 Å². The monoisotopic (exact) mass is 406 g/mol. The van der Waals surface area contributed by atoms with E-state index in [9.17, 15) is 14.3 Å². The summed E-state index contributed by atoms with van der Waals surface area (Å²) in [5.41, 5.74) is -0.328. The number of aromatic nitrogens is 2. The fraction of sp³-hybridized carbons (Fsp3) is 0.550. The number of ether oxygens (including phenoxy) is 1. The van der Waals surface area contributed by atoms with E-state index in [1.165, 1.54) is 12.1 Å². The SMILES string of the molecule is C[C@@](O)(CNC(=O)CCCc1nc(-c2ccc(F)cc2)no1)CN1CCOCC1. The maximum atomic E-state index is 13.0. The molecule has 0 bridgehead atoms. The first kappa shape index (κ1) is 21.4. The van der Waals surface area contributed by atoms with Crippen LogP contribution in [0.4, 0.5) is 4.39 Å². The lowest BCUT2D eigenvalue weighted by atomic mass is 10.1. The molecule has 8 nitrogen and oxygen atoms in total. The average Bonchev–Trinajstić information content (AvgIpc) is 3.16. The molecular formula is C20H27FN4O4. The van der Waals surface area contributed by atoms with Crippen LogP contribution in [0.5, 0.6) is 0 Å². The highest BCUT2D eigenvalue weighted by atomic mass is 19.1. The van der Waals surface area contributed by atoms with Crippen LogP contribution in [0.2, 0.25) is 0 Å². The average molecular weight is 406 g/mol. The van der Waals surface area contributed by atoms with Gasteiger partial charge in [-0.05, 0) is 37.6 Å². The highest BCUT2D eigenvalue weighted by molar-refractivity contribution is 5.75. The number of amides is 1. The Morgan fingerprint density at radius 1 is 1.31 bits per heavy atom. The number of morpholine rings is 1.